The van der Waals surface area contributed by atoms with Crippen LogP contribution in [-0.2, 0) is 0 Å². The minimum absolute atomic E-state index is 0.0665. The number of carbonyl (C=O) groups excluding carboxylic acids is 1. The van der Waals surface area contributed by atoms with Gasteiger partial charge in [-0.05, 0) is 18.2 Å². The van der Waals surface area contributed by atoms with E-state index in [1.54, 1.807) is 18.3 Å². The van der Waals surface area contributed by atoms with Gasteiger partial charge in [-0.1, -0.05) is 6.07 Å². The molecular formula is C11H9N3O2. The molecule has 0 unspecified atom stereocenters. The number of nitrogens with two attached hydrogens (primary N) is 1. The number of aromatic amines is 1. The molecule has 0 atom stereocenters. The fourth-order valence-corrected chi connectivity index (χ4v) is 1.35. The standard InChI is InChI=1S/C11H9N3O2/c12-10(15)8-5-7(6-14-11(8)16)9-3-1-2-4-13-9/h1-6H,(H2,12,15)(H,14,16). The Morgan fingerprint density at radius 3 is 2.81 bits per heavy atom. The number of pyridine rings is 2. The highest BCUT2D eigenvalue weighted by Gasteiger charge is 2.08. The summed E-state index contributed by atoms with van der Waals surface area (Å²) < 4.78 is 0. The van der Waals surface area contributed by atoms with Crippen molar-refractivity contribution >= 4 is 5.91 Å². The zero-order chi connectivity index (χ0) is 11.5. The Kier molecular flexibility index (Phi) is 2.51. The number of rotatable bonds is 2. The van der Waals surface area contributed by atoms with E-state index < -0.39 is 11.5 Å². The zero-order valence-electron chi connectivity index (χ0n) is 8.31. The normalized spacial score (nSPS) is 10.0. The van der Waals surface area contributed by atoms with E-state index in [2.05, 4.69) is 9.97 Å². The molecule has 2 rings (SSSR count). The van der Waals surface area contributed by atoms with Crippen molar-refractivity contribution in [2.24, 2.45) is 5.73 Å². The summed E-state index contributed by atoms with van der Waals surface area (Å²) in [5, 5.41) is 0. The SMILES string of the molecule is NC(=O)c1cc(-c2ccccn2)c[nH]c1=O. The van der Waals surface area contributed by atoms with Crippen LogP contribution in [0.1, 0.15) is 10.4 Å². The molecule has 0 radical (unpaired) electrons. The first kappa shape index (κ1) is 10.1. The lowest BCUT2D eigenvalue weighted by molar-refractivity contribution is 0.0999. The van der Waals surface area contributed by atoms with E-state index in [9.17, 15) is 9.59 Å². The van der Waals surface area contributed by atoms with Crippen molar-refractivity contribution in [3.8, 4) is 11.3 Å². The molecule has 0 aliphatic rings. The van der Waals surface area contributed by atoms with Crippen LogP contribution < -0.4 is 11.3 Å². The number of carbonyl (C=O) groups is 1. The van der Waals surface area contributed by atoms with Gasteiger partial charge in [-0.3, -0.25) is 14.6 Å². The van der Waals surface area contributed by atoms with Crippen molar-refractivity contribution in [2.45, 2.75) is 0 Å². The van der Waals surface area contributed by atoms with E-state index in [1.165, 1.54) is 12.3 Å². The maximum atomic E-state index is 11.3. The van der Waals surface area contributed by atoms with Gasteiger partial charge in [0.15, 0.2) is 0 Å². The smallest absolute Gasteiger partial charge is 0.260 e. The van der Waals surface area contributed by atoms with Gasteiger partial charge in [0.25, 0.3) is 11.5 Å². The van der Waals surface area contributed by atoms with Crippen LogP contribution in [0.3, 0.4) is 0 Å². The molecule has 3 N–H and O–H groups in total. The Morgan fingerprint density at radius 2 is 2.19 bits per heavy atom. The first-order valence-electron chi connectivity index (χ1n) is 4.62. The highest BCUT2D eigenvalue weighted by Crippen LogP contribution is 2.14. The van der Waals surface area contributed by atoms with E-state index in [0.717, 1.165) is 0 Å². The minimum atomic E-state index is -0.751. The first-order chi connectivity index (χ1) is 7.68. The van der Waals surface area contributed by atoms with E-state index in [4.69, 9.17) is 5.73 Å². The number of nitrogens with one attached hydrogen (secondary N) is 1. The van der Waals surface area contributed by atoms with E-state index >= 15 is 0 Å². The average molecular weight is 215 g/mol. The Morgan fingerprint density at radius 1 is 1.38 bits per heavy atom. The quantitative estimate of drug-likeness (QED) is 0.766. The summed E-state index contributed by atoms with van der Waals surface area (Å²) >= 11 is 0. The van der Waals surface area contributed by atoms with Crippen LogP contribution in [0.5, 0.6) is 0 Å². The second-order valence-electron chi connectivity index (χ2n) is 3.21. The highest BCUT2D eigenvalue weighted by atomic mass is 16.2. The monoisotopic (exact) mass is 215 g/mol. The lowest BCUT2D eigenvalue weighted by atomic mass is 10.1. The van der Waals surface area contributed by atoms with Crippen LogP contribution in [0.2, 0.25) is 0 Å². The minimum Gasteiger partial charge on any atom is -0.365 e. The number of nitrogens with zero attached hydrogens (tertiary/aromatic N) is 1. The Hall–Kier alpha value is -2.43. The average Bonchev–Trinajstić information content (AvgIpc) is 2.30. The summed E-state index contributed by atoms with van der Waals surface area (Å²) in [6.07, 6.45) is 3.13. The topological polar surface area (TPSA) is 88.8 Å². The summed E-state index contributed by atoms with van der Waals surface area (Å²) in [6.45, 7) is 0. The molecule has 16 heavy (non-hydrogen) atoms. The second-order valence-corrected chi connectivity index (χ2v) is 3.21. The van der Waals surface area contributed by atoms with E-state index in [0.29, 0.717) is 11.3 Å². The second kappa shape index (κ2) is 3.98. The molecule has 0 fully saturated rings. The summed E-state index contributed by atoms with van der Waals surface area (Å²) in [4.78, 5) is 28.8. The summed E-state index contributed by atoms with van der Waals surface area (Å²) in [6, 6.07) is 6.81. The fourth-order valence-electron chi connectivity index (χ4n) is 1.35. The van der Waals surface area contributed by atoms with Crippen LogP contribution >= 0.6 is 0 Å². The van der Waals surface area contributed by atoms with Gasteiger partial charge in [0.2, 0.25) is 0 Å². The third-order valence-corrected chi connectivity index (χ3v) is 2.13. The number of aromatic nitrogens is 2. The van der Waals surface area contributed by atoms with Crippen LogP contribution in [0, 0.1) is 0 Å². The summed E-state index contributed by atoms with van der Waals surface area (Å²) in [7, 11) is 0. The molecule has 2 heterocycles. The third-order valence-electron chi connectivity index (χ3n) is 2.13. The Labute approximate surface area is 91.0 Å². The Balaban J connectivity index is 2.57. The van der Waals surface area contributed by atoms with Gasteiger partial charge in [0.1, 0.15) is 5.56 Å². The van der Waals surface area contributed by atoms with E-state index in [1.807, 2.05) is 6.07 Å². The molecule has 5 heteroatoms. The molecule has 80 valence electrons. The van der Waals surface area contributed by atoms with E-state index in [-0.39, 0.29) is 5.56 Å². The summed E-state index contributed by atoms with van der Waals surface area (Å²) in [5.41, 5.74) is 5.84. The molecule has 0 spiro atoms. The molecular weight excluding hydrogens is 206 g/mol. The van der Waals surface area contributed by atoms with Gasteiger partial charge in [-0.2, -0.15) is 0 Å². The van der Waals surface area contributed by atoms with Crippen molar-refractivity contribution in [3.05, 3.63) is 52.6 Å². The fraction of sp³-hybridized carbons (Fsp3) is 0. The van der Waals surface area contributed by atoms with Crippen LogP contribution in [-0.4, -0.2) is 15.9 Å². The predicted octanol–water partition coefficient (Wildman–Crippen LogP) is 0.536. The molecule has 0 saturated carbocycles. The summed E-state index contributed by atoms with van der Waals surface area (Å²) in [5.74, 6) is -0.751. The van der Waals surface area contributed by atoms with Crippen LogP contribution in [0.15, 0.2) is 41.5 Å². The van der Waals surface area contributed by atoms with Gasteiger partial charge >= 0.3 is 0 Å². The van der Waals surface area contributed by atoms with Crippen molar-refractivity contribution in [1.82, 2.24) is 9.97 Å². The largest absolute Gasteiger partial charge is 0.365 e. The molecule has 0 aromatic carbocycles. The molecule has 1 amide bonds. The van der Waals surface area contributed by atoms with Crippen molar-refractivity contribution < 1.29 is 4.79 Å². The van der Waals surface area contributed by atoms with Crippen molar-refractivity contribution in [2.75, 3.05) is 0 Å². The highest BCUT2D eigenvalue weighted by molar-refractivity contribution is 5.93. The van der Waals surface area contributed by atoms with Crippen LogP contribution in [0.4, 0.5) is 0 Å². The number of primary amides is 1. The molecule has 0 saturated heterocycles. The van der Waals surface area contributed by atoms with Crippen LogP contribution in [0.25, 0.3) is 11.3 Å². The van der Waals surface area contributed by atoms with Crippen molar-refractivity contribution in [1.29, 1.82) is 0 Å². The molecule has 0 aliphatic carbocycles. The number of amides is 1. The van der Waals surface area contributed by atoms with Gasteiger partial charge in [-0.25, -0.2) is 0 Å². The number of hydrogen-bond acceptors (Lipinski definition) is 3. The predicted molar refractivity (Wildman–Crippen MR) is 58.8 cm³/mol. The Bertz CT molecular complexity index is 575. The number of H-pyrrole nitrogens is 1. The maximum absolute atomic E-state index is 11.3. The molecule has 2 aromatic rings. The van der Waals surface area contributed by atoms with Gasteiger partial charge < -0.3 is 10.7 Å². The maximum Gasteiger partial charge on any atom is 0.260 e. The zero-order valence-corrected chi connectivity index (χ0v) is 8.31. The molecule has 0 bridgehead atoms. The molecule has 0 aliphatic heterocycles. The molecule has 5 nitrogen and oxygen atoms in total. The lowest BCUT2D eigenvalue weighted by Crippen LogP contribution is -2.23. The van der Waals surface area contributed by atoms with Crippen molar-refractivity contribution in [3.63, 3.8) is 0 Å². The van der Waals surface area contributed by atoms with Gasteiger partial charge in [-0.15, -0.1) is 0 Å². The third kappa shape index (κ3) is 1.83. The van der Waals surface area contributed by atoms with Gasteiger partial charge in [0, 0.05) is 18.0 Å². The number of hydrogen-bond donors (Lipinski definition) is 2. The molecule has 2 aromatic heterocycles. The first-order valence-corrected chi connectivity index (χ1v) is 4.62. The van der Waals surface area contributed by atoms with Gasteiger partial charge in [0.05, 0.1) is 5.69 Å². The lowest BCUT2D eigenvalue weighted by Gasteiger charge is -2.01.